The fraction of sp³-hybridized carbons (Fsp3) is 0.125. The maximum Gasteiger partial charge on any atom is 0.338 e. The van der Waals surface area contributed by atoms with Crippen molar-refractivity contribution in [1.29, 1.82) is 0 Å². The van der Waals surface area contributed by atoms with Crippen molar-refractivity contribution in [3.63, 3.8) is 0 Å². The lowest BCUT2D eigenvalue weighted by Gasteiger charge is -2.10. The van der Waals surface area contributed by atoms with Gasteiger partial charge in [0.05, 0.1) is 19.2 Å². The van der Waals surface area contributed by atoms with Crippen LogP contribution in [-0.2, 0) is 11.3 Å². The summed E-state index contributed by atoms with van der Waals surface area (Å²) in [7, 11) is 1.39. The second-order valence-electron chi connectivity index (χ2n) is 5.98. The highest BCUT2D eigenvalue weighted by atomic mass is 16.5. The van der Waals surface area contributed by atoms with E-state index in [2.05, 4.69) is 29.3 Å². The summed E-state index contributed by atoms with van der Waals surface area (Å²) in [6, 6.07) is 25.5. The first-order chi connectivity index (χ1) is 13.3. The Balaban J connectivity index is 1.82. The van der Waals surface area contributed by atoms with Gasteiger partial charge in [-0.15, -0.1) is 0 Å². The van der Waals surface area contributed by atoms with Gasteiger partial charge in [-0.2, -0.15) is 0 Å². The number of rotatable bonds is 5. The highest BCUT2D eigenvalue weighted by Gasteiger charge is 2.15. The standard InChI is InChI=1S/C24H21NO2/c1-27-24(26)22-16-8-14-21(23(22)20-12-6-3-7-13-20)15-9-17-25-18-19-10-4-2-5-11-19/h2-8,10-14,16,25H,17-18H2,1H3. The summed E-state index contributed by atoms with van der Waals surface area (Å²) in [4.78, 5) is 12.2. The van der Waals surface area contributed by atoms with Crippen molar-refractivity contribution in [2.45, 2.75) is 6.54 Å². The first-order valence-electron chi connectivity index (χ1n) is 8.80. The van der Waals surface area contributed by atoms with Gasteiger partial charge in [0.15, 0.2) is 0 Å². The molecule has 3 aromatic rings. The zero-order valence-corrected chi connectivity index (χ0v) is 15.2. The van der Waals surface area contributed by atoms with Crippen LogP contribution in [-0.4, -0.2) is 19.6 Å². The quantitative estimate of drug-likeness (QED) is 0.422. The van der Waals surface area contributed by atoms with Gasteiger partial charge in [-0.3, -0.25) is 0 Å². The summed E-state index contributed by atoms with van der Waals surface area (Å²) in [6.45, 7) is 1.33. The Labute approximate surface area is 160 Å². The van der Waals surface area contributed by atoms with E-state index in [0.717, 1.165) is 23.2 Å². The average Bonchev–Trinajstić information content (AvgIpc) is 2.74. The summed E-state index contributed by atoms with van der Waals surface area (Å²) >= 11 is 0. The van der Waals surface area contributed by atoms with Crippen LogP contribution < -0.4 is 5.32 Å². The third-order valence-corrected chi connectivity index (χ3v) is 4.14. The van der Waals surface area contributed by atoms with Gasteiger partial charge < -0.3 is 10.1 Å². The molecule has 3 rings (SSSR count). The van der Waals surface area contributed by atoms with Gasteiger partial charge in [0, 0.05) is 17.7 Å². The monoisotopic (exact) mass is 355 g/mol. The van der Waals surface area contributed by atoms with Crippen molar-refractivity contribution >= 4 is 5.97 Å². The lowest BCUT2D eigenvalue weighted by molar-refractivity contribution is 0.0601. The minimum Gasteiger partial charge on any atom is -0.465 e. The summed E-state index contributed by atoms with van der Waals surface area (Å²) in [5.74, 6) is 5.99. The maximum absolute atomic E-state index is 12.2. The number of benzene rings is 3. The van der Waals surface area contributed by atoms with Crippen LogP contribution in [0.2, 0.25) is 0 Å². The maximum atomic E-state index is 12.2. The summed E-state index contributed by atoms with van der Waals surface area (Å²) < 4.78 is 4.95. The molecule has 0 atom stereocenters. The fourth-order valence-corrected chi connectivity index (χ4v) is 2.86. The van der Waals surface area contributed by atoms with Gasteiger partial charge >= 0.3 is 5.97 Å². The van der Waals surface area contributed by atoms with Crippen LogP contribution in [0.3, 0.4) is 0 Å². The molecule has 3 heteroatoms. The first kappa shape index (κ1) is 18.4. The Hall–Kier alpha value is -3.35. The van der Waals surface area contributed by atoms with Gasteiger partial charge in [0.2, 0.25) is 0 Å². The van der Waals surface area contributed by atoms with Crippen LogP contribution in [0.5, 0.6) is 0 Å². The van der Waals surface area contributed by atoms with E-state index in [4.69, 9.17) is 4.74 Å². The third-order valence-electron chi connectivity index (χ3n) is 4.14. The van der Waals surface area contributed by atoms with Gasteiger partial charge in [0.25, 0.3) is 0 Å². The topological polar surface area (TPSA) is 38.3 Å². The number of esters is 1. The number of nitrogens with one attached hydrogen (secondary N) is 1. The predicted molar refractivity (Wildman–Crippen MR) is 108 cm³/mol. The molecule has 0 amide bonds. The number of hydrogen-bond acceptors (Lipinski definition) is 3. The fourth-order valence-electron chi connectivity index (χ4n) is 2.86. The third kappa shape index (κ3) is 4.84. The Morgan fingerprint density at radius 1 is 0.926 bits per heavy atom. The van der Waals surface area contributed by atoms with Crippen molar-refractivity contribution in [3.05, 3.63) is 95.6 Å². The molecule has 0 aromatic heterocycles. The Bertz CT molecular complexity index is 954. The van der Waals surface area contributed by atoms with Crippen LogP contribution >= 0.6 is 0 Å². The van der Waals surface area contributed by atoms with E-state index in [-0.39, 0.29) is 5.97 Å². The number of hydrogen-bond donors (Lipinski definition) is 1. The molecule has 3 aromatic carbocycles. The largest absolute Gasteiger partial charge is 0.465 e. The molecule has 0 aliphatic rings. The summed E-state index contributed by atoms with van der Waals surface area (Å²) in [6.07, 6.45) is 0. The first-order valence-corrected chi connectivity index (χ1v) is 8.80. The minimum absolute atomic E-state index is 0.361. The Morgan fingerprint density at radius 3 is 2.33 bits per heavy atom. The minimum atomic E-state index is -0.361. The molecule has 0 heterocycles. The van der Waals surface area contributed by atoms with Crippen molar-refractivity contribution < 1.29 is 9.53 Å². The number of methoxy groups -OCH3 is 1. The molecule has 0 saturated heterocycles. The Morgan fingerprint density at radius 2 is 1.63 bits per heavy atom. The highest BCUT2D eigenvalue weighted by Crippen LogP contribution is 2.28. The van der Waals surface area contributed by atoms with E-state index in [9.17, 15) is 4.79 Å². The molecule has 3 nitrogen and oxygen atoms in total. The van der Waals surface area contributed by atoms with Crippen LogP contribution in [0, 0.1) is 11.8 Å². The van der Waals surface area contributed by atoms with E-state index < -0.39 is 0 Å². The SMILES string of the molecule is COC(=O)c1cccc(C#CCNCc2ccccc2)c1-c1ccccc1. The highest BCUT2D eigenvalue weighted by molar-refractivity contribution is 5.99. The summed E-state index contributed by atoms with van der Waals surface area (Å²) in [5, 5.41) is 3.31. The Kier molecular flexibility index (Phi) is 6.40. The van der Waals surface area contributed by atoms with Crippen molar-refractivity contribution in [1.82, 2.24) is 5.32 Å². The molecule has 0 bridgehead atoms. The molecule has 0 unspecified atom stereocenters. The van der Waals surface area contributed by atoms with Crippen molar-refractivity contribution in [2.24, 2.45) is 0 Å². The molecule has 27 heavy (non-hydrogen) atoms. The molecular weight excluding hydrogens is 334 g/mol. The second kappa shape index (κ2) is 9.38. The zero-order valence-electron chi connectivity index (χ0n) is 15.2. The lowest BCUT2D eigenvalue weighted by atomic mass is 9.94. The molecule has 0 spiro atoms. The molecule has 0 aliphatic heterocycles. The van der Waals surface area contributed by atoms with Crippen molar-refractivity contribution in [3.8, 4) is 23.0 Å². The van der Waals surface area contributed by atoms with E-state index in [0.29, 0.717) is 12.1 Å². The number of carbonyl (C=O) groups is 1. The van der Waals surface area contributed by atoms with E-state index >= 15 is 0 Å². The van der Waals surface area contributed by atoms with Gasteiger partial charge in [-0.1, -0.05) is 78.6 Å². The van der Waals surface area contributed by atoms with E-state index in [1.807, 2.05) is 60.7 Å². The number of ether oxygens (including phenoxy) is 1. The van der Waals surface area contributed by atoms with Crippen molar-refractivity contribution in [2.75, 3.05) is 13.7 Å². The van der Waals surface area contributed by atoms with Crippen LogP contribution in [0.1, 0.15) is 21.5 Å². The van der Waals surface area contributed by atoms with Crippen LogP contribution in [0.15, 0.2) is 78.9 Å². The lowest BCUT2D eigenvalue weighted by Crippen LogP contribution is -2.13. The molecule has 0 aliphatic carbocycles. The summed E-state index contributed by atoms with van der Waals surface area (Å²) in [5.41, 5.74) is 4.30. The average molecular weight is 355 g/mol. The van der Waals surface area contributed by atoms with Gasteiger partial charge in [0.1, 0.15) is 0 Å². The predicted octanol–water partition coefficient (Wildman–Crippen LogP) is 4.28. The normalized spacial score (nSPS) is 9.96. The zero-order chi connectivity index (χ0) is 18.9. The molecular formula is C24H21NO2. The molecule has 0 fully saturated rings. The second-order valence-corrected chi connectivity index (χ2v) is 5.98. The molecule has 134 valence electrons. The van der Waals surface area contributed by atoms with Crippen LogP contribution in [0.4, 0.5) is 0 Å². The molecule has 0 radical (unpaired) electrons. The van der Waals surface area contributed by atoms with Crippen LogP contribution in [0.25, 0.3) is 11.1 Å². The smallest absolute Gasteiger partial charge is 0.338 e. The molecule has 1 N–H and O–H groups in total. The van der Waals surface area contributed by atoms with Gasteiger partial charge in [-0.25, -0.2) is 4.79 Å². The molecule has 0 saturated carbocycles. The van der Waals surface area contributed by atoms with Gasteiger partial charge in [-0.05, 0) is 23.3 Å². The number of carbonyl (C=O) groups excluding carboxylic acids is 1. The van der Waals surface area contributed by atoms with E-state index in [1.54, 1.807) is 6.07 Å². The van der Waals surface area contributed by atoms with E-state index in [1.165, 1.54) is 12.7 Å².